The topological polar surface area (TPSA) is 42.1 Å². The summed E-state index contributed by atoms with van der Waals surface area (Å²) in [6.45, 7) is 1.93. The molecule has 0 amide bonds. The Balaban J connectivity index is 1.52. The number of rotatable bonds is 3. The smallest absolute Gasteiger partial charge is 0.128 e. The average Bonchev–Trinajstić information content (AvgIpc) is 2.68. The maximum Gasteiger partial charge on any atom is 0.128 e. The summed E-state index contributed by atoms with van der Waals surface area (Å²) in [5, 5.41) is 0. The summed E-state index contributed by atoms with van der Waals surface area (Å²) in [5.41, 5.74) is 11.4. The van der Waals surface area contributed by atoms with Crippen molar-refractivity contribution in [2.75, 3.05) is 11.4 Å². The highest BCUT2D eigenvalue weighted by Crippen LogP contribution is 2.25. The van der Waals surface area contributed by atoms with Crippen molar-refractivity contribution in [3.63, 3.8) is 0 Å². The van der Waals surface area contributed by atoms with Gasteiger partial charge in [-0.15, -0.1) is 0 Å². The molecule has 120 valence electrons. The van der Waals surface area contributed by atoms with E-state index in [1.807, 2.05) is 24.4 Å². The van der Waals surface area contributed by atoms with E-state index in [-0.39, 0.29) is 6.04 Å². The molecule has 2 N–H and O–H groups in total. The minimum atomic E-state index is -0.130. The van der Waals surface area contributed by atoms with Crippen molar-refractivity contribution in [1.82, 2.24) is 4.98 Å². The Hall–Kier alpha value is -2.65. The Bertz CT molecular complexity index is 812. The second kappa shape index (κ2) is 6.46. The maximum atomic E-state index is 6.35. The number of nitrogens with zero attached hydrogens (tertiary/aromatic N) is 2. The fraction of sp³-hybridized carbons (Fsp3) is 0.190. The number of aromatic nitrogens is 1. The largest absolute Gasteiger partial charge is 0.352 e. The first kappa shape index (κ1) is 14.9. The van der Waals surface area contributed by atoms with Crippen LogP contribution in [0.4, 0.5) is 5.82 Å². The molecule has 2 aromatic carbocycles. The van der Waals surface area contributed by atoms with Gasteiger partial charge in [0, 0.05) is 19.3 Å². The standard InChI is InChI=1S/C21H21N3/c22-21(17-7-2-1-3-8-17)18-10-11-20(23-14-18)24-13-12-16-6-4-5-9-19(16)15-24/h1-11,14,21H,12-13,15,22H2/t21-/m0/s1. The van der Waals surface area contributed by atoms with Crippen molar-refractivity contribution in [2.45, 2.75) is 19.0 Å². The molecule has 3 aromatic rings. The van der Waals surface area contributed by atoms with Crippen molar-refractivity contribution >= 4 is 5.82 Å². The van der Waals surface area contributed by atoms with E-state index in [0.29, 0.717) is 0 Å². The first-order valence-corrected chi connectivity index (χ1v) is 8.39. The summed E-state index contributed by atoms with van der Waals surface area (Å²) in [6.07, 6.45) is 2.98. The fourth-order valence-electron chi connectivity index (χ4n) is 3.31. The van der Waals surface area contributed by atoms with Crippen LogP contribution in [0.25, 0.3) is 0 Å². The molecule has 0 radical (unpaired) electrons. The van der Waals surface area contributed by atoms with Gasteiger partial charge in [0.25, 0.3) is 0 Å². The zero-order valence-corrected chi connectivity index (χ0v) is 13.6. The van der Waals surface area contributed by atoms with Gasteiger partial charge in [0.15, 0.2) is 0 Å². The average molecular weight is 315 g/mol. The first-order chi connectivity index (χ1) is 11.8. The van der Waals surface area contributed by atoms with E-state index in [9.17, 15) is 0 Å². The van der Waals surface area contributed by atoms with Crippen LogP contribution in [0.2, 0.25) is 0 Å². The molecular formula is C21H21N3. The molecule has 3 heteroatoms. The Morgan fingerprint density at radius 3 is 2.33 bits per heavy atom. The molecule has 0 spiro atoms. The predicted octanol–water partition coefficient (Wildman–Crippen LogP) is 3.69. The second-order valence-electron chi connectivity index (χ2n) is 6.28. The van der Waals surface area contributed by atoms with Gasteiger partial charge in [0.05, 0.1) is 6.04 Å². The lowest BCUT2D eigenvalue weighted by Crippen LogP contribution is -2.31. The van der Waals surface area contributed by atoms with E-state index in [1.165, 1.54) is 11.1 Å². The molecule has 24 heavy (non-hydrogen) atoms. The summed E-state index contributed by atoms with van der Waals surface area (Å²) in [7, 11) is 0. The minimum absolute atomic E-state index is 0.130. The molecule has 0 aliphatic carbocycles. The monoisotopic (exact) mass is 315 g/mol. The van der Waals surface area contributed by atoms with Crippen molar-refractivity contribution in [1.29, 1.82) is 0 Å². The van der Waals surface area contributed by atoms with E-state index in [4.69, 9.17) is 5.73 Å². The predicted molar refractivity (Wildman–Crippen MR) is 97.9 cm³/mol. The normalized spacial score (nSPS) is 15.0. The van der Waals surface area contributed by atoms with Gasteiger partial charge in [-0.25, -0.2) is 4.98 Å². The molecule has 1 aliphatic rings. The van der Waals surface area contributed by atoms with Crippen LogP contribution in [0.1, 0.15) is 28.3 Å². The van der Waals surface area contributed by atoms with Gasteiger partial charge >= 0.3 is 0 Å². The van der Waals surface area contributed by atoms with Gasteiger partial charge in [0.1, 0.15) is 5.82 Å². The van der Waals surface area contributed by atoms with E-state index >= 15 is 0 Å². The first-order valence-electron chi connectivity index (χ1n) is 8.39. The third kappa shape index (κ3) is 2.91. The number of hydrogen-bond donors (Lipinski definition) is 1. The van der Waals surface area contributed by atoms with Gasteiger partial charge in [-0.05, 0) is 34.7 Å². The molecule has 4 rings (SSSR count). The Labute approximate surface area is 142 Å². The quantitative estimate of drug-likeness (QED) is 0.801. The Kier molecular flexibility index (Phi) is 4.01. The zero-order chi connectivity index (χ0) is 16.4. The van der Waals surface area contributed by atoms with Crippen LogP contribution in [0, 0.1) is 0 Å². The fourth-order valence-corrected chi connectivity index (χ4v) is 3.31. The van der Waals surface area contributed by atoms with Crippen molar-refractivity contribution < 1.29 is 0 Å². The van der Waals surface area contributed by atoms with Crippen molar-refractivity contribution in [3.05, 3.63) is 95.2 Å². The lowest BCUT2D eigenvalue weighted by Gasteiger charge is -2.30. The lowest BCUT2D eigenvalue weighted by molar-refractivity contribution is 0.719. The van der Waals surface area contributed by atoms with Gasteiger partial charge < -0.3 is 10.6 Å². The molecule has 1 aromatic heterocycles. The number of hydrogen-bond acceptors (Lipinski definition) is 3. The van der Waals surface area contributed by atoms with E-state index < -0.39 is 0 Å². The molecule has 0 fully saturated rings. The number of pyridine rings is 1. The molecule has 0 unspecified atom stereocenters. The summed E-state index contributed by atoms with van der Waals surface area (Å²) >= 11 is 0. The molecule has 1 aliphatic heterocycles. The van der Waals surface area contributed by atoms with Crippen LogP contribution in [-0.2, 0) is 13.0 Å². The SMILES string of the molecule is N[C@@H](c1ccccc1)c1ccc(N2CCc3ccccc3C2)nc1. The van der Waals surface area contributed by atoms with Crippen LogP contribution in [0.15, 0.2) is 72.9 Å². The van der Waals surface area contributed by atoms with Crippen LogP contribution in [0.3, 0.4) is 0 Å². The molecule has 1 atom stereocenters. The number of anilines is 1. The molecular weight excluding hydrogens is 294 g/mol. The van der Waals surface area contributed by atoms with E-state index in [1.54, 1.807) is 0 Å². The molecule has 0 saturated heterocycles. The summed E-state index contributed by atoms with van der Waals surface area (Å²) in [6, 6.07) is 22.9. The number of fused-ring (bicyclic) bond motifs is 1. The number of nitrogens with two attached hydrogens (primary N) is 1. The van der Waals surface area contributed by atoms with Crippen LogP contribution < -0.4 is 10.6 Å². The maximum absolute atomic E-state index is 6.35. The highest BCUT2D eigenvalue weighted by molar-refractivity contribution is 5.45. The van der Waals surface area contributed by atoms with E-state index in [0.717, 1.165) is 36.5 Å². The van der Waals surface area contributed by atoms with Crippen LogP contribution in [-0.4, -0.2) is 11.5 Å². The Morgan fingerprint density at radius 2 is 1.58 bits per heavy atom. The highest BCUT2D eigenvalue weighted by atomic mass is 15.2. The van der Waals surface area contributed by atoms with Gasteiger partial charge in [-0.3, -0.25) is 0 Å². The van der Waals surface area contributed by atoms with E-state index in [2.05, 4.69) is 58.4 Å². The van der Waals surface area contributed by atoms with Gasteiger partial charge in [-0.1, -0.05) is 60.7 Å². The second-order valence-corrected chi connectivity index (χ2v) is 6.28. The molecule has 2 heterocycles. The summed E-state index contributed by atoms with van der Waals surface area (Å²) in [5.74, 6) is 1.02. The van der Waals surface area contributed by atoms with Gasteiger partial charge in [-0.2, -0.15) is 0 Å². The lowest BCUT2D eigenvalue weighted by atomic mass is 9.99. The van der Waals surface area contributed by atoms with Crippen LogP contribution in [0.5, 0.6) is 0 Å². The number of benzene rings is 2. The highest BCUT2D eigenvalue weighted by Gasteiger charge is 2.17. The van der Waals surface area contributed by atoms with Gasteiger partial charge in [0.2, 0.25) is 0 Å². The molecule has 0 saturated carbocycles. The van der Waals surface area contributed by atoms with Crippen molar-refractivity contribution in [3.8, 4) is 0 Å². The molecule has 0 bridgehead atoms. The molecule has 3 nitrogen and oxygen atoms in total. The van der Waals surface area contributed by atoms with Crippen molar-refractivity contribution in [2.24, 2.45) is 5.73 Å². The Morgan fingerprint density at radius 1 is 0.833 bits per heavy atom. The third-order valence-electron chi connectivity index (χ3n) is 4.74. The summed E-state index contributed by atoms with van der Waals surface area (Å²) < 4.78 is 0. The summed E-state index contributed by atoms with van der Waals surface area (Å²) in [4.78, 5) is 7.00. The third-order valence-corrected chi connectivity index (χ3v) is 4.74. The minimum Gasteiger partial charge on any atom is -0.352 e. The zero-order valence-electron chi connectivity index (χ0n) is 13.6. The van der Waals surface area contributed by atoms with Crippen LogP contribution >= 0.6 is 0 Å².